The molecule has 0 aliphatic carbocycles. The van der Waals surface area contributed by atoms with Gasteiger partial charge in [-0.15, -0.1) is 0 Å². The smallest absolute Gasteiger partial charge is 0.352 e. The second-order valence-corrected chi connectivity index (χ2v) is 5.86. The summed E-state index contributed by atoms with van der Waals surface area (Å²) in [6, 6.07) is 11.6. The summed E-state index contributed by atoms with van der Waals surface area (Å²) in [4.78, 5) is 23.3. The summed E-state index contributed by atoms with van der Waals surface area (Å²) in [6.07, 6.45) is -0.872. The predicted octanol–water partition coefficient (Wildman–Crippen LogP) is 3.83. The number of esters is 1. The zero-order valence-electron chi connectivity index (χ0n) is 12.6. The first-order chi connectivity index (χ1) is 10.9. The van der Waals surface area contributed by atoms with Crippen LogP contribution in [-0.4, -0.2) is 23.1 Å². The molecular formula is C17H15BrO5. The van der Waals surface area contributed by atoms with Gasteiger partial charge in [0.25, 0.3) is 0 Å². The Labute approximate surface area is 142 Å². The SMILES string of the molecule is Cc1ccc(OC(C)C(=O)Oc2ccc(Br)cc2C(=O)O)cc1. The van der Waals surface area contributed by atoms with E-state index in [1.807, 2.05) is 19.1 Å². The van der Waals surface area contributed by atoms with Gasteiger partial charge in [-0.25, -0.2) is 9.59 Å². The molecule has 6 heteroatoms. The van der Waals surface area contributed by atoms with Crippen LogP contribution >= 0.6 is 15.9 Å². The van der Waals surface area contributed by atoms with E-state index in [9.17, 15) is 9.59 Å². The number of halogens is 1. The number of carbonyl (C=O) groups excluding carboxylic acids is 1. The molecule has 0 aromatic heterocycles. The molecule has 0 radical (unpaired) electrons. The van der Waals surface area contributed by atoms with Gasteiger partial charge in [-0.05, 0) is 44.2 Å². The largest absolute Gasteiger partial charge is 0.479 e. The highest BCUT2D eigenvalue weighted by atomic mass is 79.9. The van der Waals surface area contributed by atoms with Crippen LogP contribution in [0.15, 0.2) is 46.9 Å². The quantitative estimate of drug-likeness (QED) is 0.632. The van der Waals surface area contributed by atoms with Gasteiger partial charge in [-0.1, -0.05) is 33.6 Å². The van der Waals surface area contributed by atoms with Crippen molar-refractivity contribution in [3.8, 4) is 11.5 Å². The second-order valence-electron chi connectivity index (χ2n) is 4.94. The number of ether oxygens (including phenoxy) is 2. The van der Waals surface area contributed by atoms with Crippen molar-refractivity contribution in [1.29, 1.82) is 0 Å². The van der Waals surface area contributed by atoms with Crippen molar-refractivity contribution in [2.24, 2.45) is 0 Å². The molecule has 0 spiro atoms. The molecule has 0 heterocycles. The molecule has 1 unspecified atom stereocenters. The number of hydrogen-bond donors (Lipinski definition) is 1. The van der Waals surface area contributed by atoms with Crippen LogP contribution in [0.4, 0.5) is 0 Å². The molecule has 120 valence electrons. The fourth-order valence-corrected chi connectivity index (χ4v) is 2.18. The number of aryl methyl sites for hydroxylation is 1. The van der Waals surface area contributed by atoms with Gasteiger partial charge in [-0.2, -0.15) is 0 Å². The molecule has 2 rings (SSSR count). The standard InChI is InChI=1S/C17H15BrO5/c1-10-3-6-13(7-4-10)22-11(2)17(21)23-15-8-5-12(18)9-14(15)16(19)20/h3-9,11H,1-2H3,(H,19,20). The Balaban J connectivity index is 2.09. The number of carboxylic acid groups (broad SMARTS) is 1. The third-order valence-electron chi connectivity index (χ3n) is 3.05. The van der Waals surface area contributed by atoms with E-state index in [4.69, 9.17) is 14.6 Å². The lowest BCUT2D eigenvalue weighted by Gasteiger charge is -2.15. The van der Waals surface area contributed by atoms with Crippen molar-refractivity contribution in [2.75, 3.05) is 0 Å². The first-order valence-electron chi connectivity index (χ1n) is 6.84. The van der Waals surface area contributed by atoms with E-state index in [-0.39, 0.29) is 11.3 Å². The van der Waals surface area contributed by atoms with Gasteiger partial charge in [0.1, 0.15) is 17.1 Å². The van der Waals surface area contributed by atoms with Crippen molar-refractivity contribution in [2.45, 2.75) is 20.0 Å². The van der Waals surface area contributed by atoms with Gasteiger partial charge in [0.15, 0.2) is 6.10 Å². The van der Waals surface area contributed by atoms with Gasteiger partial charge in [0, 0.05) is 4.47 Å². The van der Waals surface area contributed by atoms with Crippen LogP contribution in [0.1, 0.15) is 22.8 Å². The zero-order chi connectivity index (χ0) is 17.0. The minimum Gasteiger partial charge on any atom is -0.479 e. The summed E-state index contributed by atoms with van der Waals surface area (Å²) < 4.78 is 11.2. The maximum atomic E-state index is 12.1. The average molecular weight is 379 g/mol. The molecule has 0 aliphatic heterocycles. The predicted molar refractivity (Wildman–Crippen MR) is 88.0 cm³/mol. The molecule has 0 saturated carbocycles. The topological polar surface area (TPSA) is 72.8 Å². The van der Waals surface area contributed by atoms with Gasteiger partial charge in [0.2, 0.25) is 0 Å². The van der Waals surface area contributed by atoms with Gasteiger partial charge in [-0.3, -0.25) is 0 Å². The molecule has 5 nitrogen and oxygen atoms in total. The number of carboxylic acids is 1. The Morgan fingerprint density at radius 2 is 1.78 bits per heavy atom. The van der Waals surface area contributed by atoms with E-state index >= 15 is 0 Å². The van der Waals surface area contributed by atoms with Crippen LogP contribution in [0.25, 0.3) is 0 Å². The fourth-order valence-electron chi connectivity index (χ4n) is 1.82. The third-order valence-corrected chi connectivity index (χ3v) is 3.54. The van der Waals surface area contributed by atoms with Gasteiger partial charge < -0.3 is 14.6 Å². The van der Waals surface area contributed by atoms with Crippen molar-refractivity contribution < 1.29 is 24.2 Å². The van der Waals surface area contributed by atoms with E-state index in [1.54, 1.807) is 25.1 Å². The summed E-state index contributed by atoms with van der Waals surface area (Å²) in [5, 5.41) is 9.16. The maximum Gasteiger partial charge on any atom is 0.352 e. The Morgan fingerprint density at radius 3 is 2.39 bits per heavy atom. The minimum absolute atomic E-state index is 0.0231. The highest BCUT2D eigenvalue weighted by molar-refractivity contribution is 9.10. The molecule has 23 heavy (non-hydrogen) atoms. The molecule has 2 aromatic rings. The highest BCUT2D eigenvalue weighted by Gasteiger charge is 2.21. The van der Waals surface area contributed by atoms with Crippen molar-refractivity contribution in [1.82, 2.24) is 0 Å². The normalized spacial score (nSPS) is 11.6. The fraction of sp³-hybridized carbons (Fsp3) is 0.176. The molecule has 0 bridgehead atoms. The van der Waals surface area contributed by atoms with Gasteiger partial charge in [0.05, 0.1) is 0 Å². The van der Waals surface area contributed by atoms with E-state index in [1.165, 1.54) is 12.1 Å². The number of rotatable bonds is 5. The van der Waals surface area contributed by atoms with E-state index in [2.05, 4.69) is 15.9 Å². The molecule has 0 fully saturated rings. The van der Waals surface area contributed by atoms with Crippen molar-refractivity contribution in [3.05, 3.63) is 58.1 Å². The Hall–Kier alpha value is -2.34. The lowest BCUT2D eigenvalue weighted by molar-refractivity contribution is -0.141. The first-order valence-corrected chi connectivity index (χ1v) is 7.64. The van der Waals surface area contributed by atoms with Crippen molar-refractivity contribution >= 4 is 27.9 Å². The van der Waals surface area contributed by atoms with Crippen LogP contribution in [0.3, 0.4) is 0 Å². The molecule has 0 amide bonds. The van der Waals surface area contributed by atoms with Crippen LogP contribution in [0, 0.1) is 6.92 Å². The van der Waals surface area contributed by atoms with Crippen LogP contribution in [0.2, 0.25) is 0 Å². The monoisotopic (exact) mass is 378 g/mol. The number of aromatic carboxylic acids is 1. The Morgan fingerprint density at radius 1 is 1.13 bits per heavy atom. The van der Waals surface area contributed by atoms with Crippen LogP contribution in [-0.2, 0) is 4.79 Å². The average Bonchev–Trinajstić information content (AvgIpc) is 2.51. The lowest BCUT2D eigenvalue weighted by atomic mass is 10.2. The Bertz CT molecular complexity index is 724. The van der Waals surface area contributed by atoms with Crippen LogP contribution < -0.4 is 9.47 Å². The molecule has 1 atom stereocenters. The van der Waals surface area contributed by atoms with E-state index in [0.717, 1.165) is 5.56 Å². The Kier molecular flexibility index (Phi) is 5.39. The number of carbonyl (C=O) groups is 2. The van der Waals surface area contributed by atoms with Gasteiger partial charge >= 0.3 is 11.9 Å². The lowest BCUT2D eigenvalue weighted by Crippen LogP contribution is -2.29. The molecular weight excluding hydrogens is 364 g/mol. The third kappa shape index (κ3) is 4.56. The number of hydrogen-bond acceptors (Lipinski definition) is 4. The van der Waals surface area contributed by atoms with E-state index < -0.39 is 18.0 Å². The minimum atomic E-state index is -1.18. The summed E-state index contributed by atoms with van der Waals surface area (Å²) >= 11 is 3.18. The highest BCUT2D eigenvalue weighted by Crippen LogP contribution is 2.24. The van der Waals surface area contributed by atoms with Crippen LogP contribution in [0.5, 0.6) is 11.5 Å². The molecule has 0 saturated heterocycles. The first kappa shape index (κ1) is 17.0. The number of benzene rings is 2. The zero-order valence-corrected chi connectivity index (χ0v) is 14.2. The summed E-state index contributed by atoms with van der Waals surface area (Å²) in [5.41, 5.74) is 0.976. The second kappa shape index (κ2) is 7.28. The summed E-state index contributed by atoms with van der Waals surface area (Å²) in [5.74, 6) is -1.34. The molecule has 2 aromatic carbocycles. The van der Waals surface area contributed by atoms with E-state index in [0.29, 0.717) is 10.2 Å². The molecule has 1 N–H and O–H groups in total. The summed E-state index contributed by atoms with van der Waals surface area (Å²) in [7, 11) is 0. The van der Waals surface area contributed by atoms with Crippen molar-refractivity contribution in [3.63, 3.8) is 0 Å². The maximum absolute atomic E-state index is 12.1. The summed E-state index contributed by atoms with van der Waals surface area (Å²) in [6.45, 7) is 3.49. The molecule has 0 aliphatic rings.